The van der Waals surface area contributed by atoms with Crippen molar-refractivity contribution < 1.29 is 21.9 Å². The van der Waals surface area contributed by atoms with Gasteiger partial charge in [-0.1, -0.05) is 0 Å². The zero-order valence-corrected chi connectivity index (χ0v) is 19.4. The Morgan fingerprint density at radius 1 is 1.27 bits per heavy atom. The molecule has 0 spiro atoms. The summed E-state index contributed by atoms with van der Waals surface area (Å²) in [5, 5.41) is 5.07. The van der Waals surface area contributed by atoms with Crippen molar-refractivity contribution in [3.63, 3.8) is 0 Å². The van der Waals surface area contributed by atoms with E-state index in [1.54, 1.807) is 30.8 Å². The molecule has 1 aromatic carbocycles. The zero-order valence-electron chi connectivity index (χ0n) is 17.8. The second-order valence-corrected chi connectivity index (χ2v) is 11.5. The number of ether oxygens (including phenoxy) is 1. The summed E-state index contributed by atoms with van der Waals surface area (Å²) in [7, 11) is -3.70. The molecule has 7 nitrogen and oxygen atoms in total. The Hall–Kier alpha value is -2.47. The minimum absolute atomic E-state index is 0.0248. The molecule has 176 valence electrons. The van der Waals surface area contributed by atoms with Crippen molar-refractivity contribution in [3.8, 4) is 0 Å². The van der Waals surface area contributed by atoms with E-state index in [0.29, 0.717) is 34.9 Å². The molecule has 0 amide bonds. The molecule has 1 unspecified atom stereocenters. The average molecular weight is 495 g/mol. The molecule has 5 rings (SSSR count). The van der Waals surface area contributed by atoms with Gasteiger partial charge in [0.1, 0.15) is 21.9 Å². The Morgan fingerprint density at radius 3 is 2.82 bits per heavy atom. The van der Waals surface area contributed by atoms with Crippen molar-refractivity contribution in [3.05, 3.63) is 76.1 Å². The highest BCUT2D eigenvalue weighted by Crippen LogP contribution is 2.37. The van der Waals surface area contributed by atoms with Gasteiger partial charge < -0.3 is 15.8 Å². The summed E-state index contributed by atoms with van der Waals surface area (Å²) in [5.41, 5.74) is 11.7. The number of sulfonamides is 1. The van der Waals surface area contributed by atoms with Crippen LogP contribution in [0.1, 0.15) is 30.1 Å². The van der Waals surface area contributed by atoms with Crippen LogP contribution in [0.5, 0.6) is 0 Å². The number of allylic oxidation sites excluding steroid dienone is 1. The van der Waals surface area contributed by atoms with Gasteiger partial charge in [0.2, 0.25) is 0 Å². The first-order valence-corrected chi connectivity index (χ1v) is 12.9. The molecular weight excluding hydrogens is 470 g/mol. The predicted octanol–water partition coefficient (Wildman–Crippen LogP) is 3.04. The quantitative estimate of drug-likeness (QED) is 0.605. The minimum Gasteiger partial charge on any atom is -0.386 e. The number of hydrogen-bond acceptors (Lipinski definition) is 7. The van der Waals surface area contributed by atoms with Crippen molar-refractivity contribution >= 4 is 21.4 Å². The van der Waals surface area contributed by atoms with Crippen LogP contribution in [0.25, 0.3) is 0 Å². The predicted molar refractivity (Wildman–Crippen MR) is 120 cm³/mol. The first kappa shape index (κ1) is 22.3. The average Bonchev–Trinajstić information content (AvgIpc) is 3.42. The molecule has 1 saturated heterocycles. The maximum Gasteiger partial charge on any atom is 0.290 e. The van der Waals surface area contributed by atoms with Crippen LogP contribution in [0.2, 0.25) is 0 Å². The van der Waals surface area contributed by atoms with E-state index >= 15 is 0 Å². The third-order valence-corrected chi connectivity index (χ3v) is 9.56. The highest BCUT2D eigenvalue weighted by molar-refractivity contribution is 7.91. The summed E-state index contributed by atoms with van der Waals surface area (Å²) in [4.78, 5) is 0. The van der Waals surface area contributed by atoms with Gasteiger partial charge in [0.25, 0.3) is 10.0 Å². The normalized spacial score (nSPS) is 27.3. The molecule has 33 heavy (non-hydrogen) atoms. The van der Waals surface area contributed by atoms with Gasteiger partial charge in [0.05, 0.1) is 12.3 Å². The molecule has 1 aromatic heterocycles. The largest absolute Gasteiger partial charge is 0.386 e. The van der Waals surface area contributed by atoms with E-state index in [2.05, 4.69) is 10.7 Å². The fourth-order valence-corrected chi connectivity index (χ4v) is 7.26. The van der Waals surface area contributed by atoms with E-state index in [9.17, 15) is 17.2 Å². The van der Waals surface area contributed by atoms with Crippen LogP contribution in [0.3, 0.4) is 0 Å². The first-order chi connectivity index (χ1) is 15.7. The minimum atomic E-state index is -3.70. The van der Waals surface area contributed by atoms with Crippen molar-refractivity contribution in [1.82, 2.24) is 15.2 Å². The second-order valence-electron chi connectivity index (χ2n) is 8.57. The molecule has 4 atom stereocenters. The van der Waals surface area contributed by atoms with Crippen molar-refractivity contribution in [1.29, 1.82) is 0 Å². The van der Waals surface area contributed by atoms with Crippen LogP contribution < -0.4 is 16.5 Å². The molecule has 4 N–H and O–H groups in total. The number of thiophene rings is 1. The number of fused-ring (bicyclic) bond motifs is 1. The molecule has 0 bridgehead atoms. The van der Waals surface area contributed by atoms with Gasteiger partial charge in [-0.25, -0.2) is 8.78 Å². The van der Waals surface area contributed by atoms with Gasteiger partial charge in [0, 0.05) is 36.0 Å². The Balaban J connectivity index is 1.28. The third-order valence-electron chi connectivity index (χ3n) is 6.33. The molecule has 0 radical (unpaired) electrons. The van der Waals surface area contributed by atoms with Crippen molar-refractivity contribution in [2.45, 2.75) is 42.2 Å². The van der Waals surface area contributed by atoms with E-state index in [1.807, 2.05) is 0 Å². The van der Waals surface area contributed by atoms with Gasteiger partial charge in [-0.15, -0.1) is 11.3 Å². The third kappa shape index (κ3) is 4.03. The summed E-state index contributed by atoms with van der Waals surface area (Å²) in [6.45, 7) is 2.10. The van der Waals surface area contributed by atoms with Crippen molar-refractivity contribution in [2.75, 3.05) is 6.61 Å². The summed E-state index contributed by atoms with van der Waals surface area (Å²) in [5.74, 6) is -1.05. The highest BCUT2D eigenvalue weighted by atomic mass is 32.2. The lowest BCUT2D eigenvalue weighted by atomic mass is 9.83. The molecular formula is C22H24F2N4O3S2. The SMILES string of the molecule is Cc1ccsc1S(=O)(=O)N1C=C2CC([C@@H]3CO[C@H](c4cc(F)ccc4F)[C@@H](N)C3)NC=C2N1. The van der Waals surface area contributed by atoms with Crippen LogP contribution in [0.15, 0.2) is 57.5 Å². The fourth-order valence-electron chi connectivity index (χ4n) is 4.58. The Morgan fingerprint density at radius 2 is 2.09 bits per heavy atom. The van der Waals surface area contributed by atoms with E-state index in [0.717, 1.165) is 28.2 Å². The van der Waals surface area contributed by atoms with Gasteiger partial charge in [-0.2, -0.15) is 12.8 Å². The molecule has 0 aliphatic carbocycles. The standard InChI is InChI=1S/C22H24F2N4O3S2/c1-12-4-5-32-22(12)33(29,30)28-10-13-7-19(26-9-20(13)27-28)14-6-18(25)21(31-11-14)16-8-15(23)2-3-17(16)24/h2-5,8-10,14,18-19,21,26-27H,6-7,11,25H2,1H3/t14-,18-,19?,21+/m0/s1. The summed E-state index contributed by atoms with van der Waals surface area (Å²) in [6.07, 6.45) is 3.80. The number of nitrogens with zero attached hydrogens (tertiary/aromatic N) is 1. The van der Waals surface area contributed by atoms with Gasteiger partial charge in [-0.3, -0.25) is 5.43 Å². The number of nitrogens with two attached hydrogens (primary N) is 1. The lowest BCUT2D eigenvalue weighted by Gasteiger charge is -2.39. The Kier molecular flexibility index (Phi) is 5.68. The number of halogens is 2. The monoisotopic (exact) mass is 494 g/mol. The van der Waals surface area contributed by atoms with Crippen LogP contribution in [-0.4, -0.2) is 31.5 Å². The van der Waals surface area contributed by atoms with Crippen molar-refractivity contribution in [2.24, 2.45) is 11.7 Å². The molecule has 1 fully saturated rings. The molecule has 0 saturated carbocycles. The maximum absolute atomic E-state index is 14.2. The number of aryl methyl sites for hydroxylation is 1. The molecule has 11 heteroatoms. The van der Waals surface area contributed by atoms with Crippen LogP contribution in [-0.2, 0) is 14.8 Å². The zero-order chi connectivity index (χ0) is 23.3. The number of benzene rings is 1. The second kappa shape index (κ2) is 8.39. The Labute approximate surface area is 194 Å². The number of hydrogen-bond donors (Lipinski definition) is 3. The van der Waals surface area contributed by atoms with E-state index < -0.39 is 33.8 Å². The van der Waals surface area contributed by atoms with Crippen LogP contribution in [0, 0.1) is 24.5 Å². The molecule has 3 aliphatic rings. The lowest BCUT2D eigenvalue weighted by Crippen LogP contribution is -2.47. The van der Waals surface area contributed by atoms with E-state index in [1.165, 1.54) is 11.3 Å². The highest BCUT2D eigenvalue weighted by Gasteiger charge is 2.39. The molecule has 3 aliphatic heterocycles. The maximum atomic E-state index is 14.2. The van der Waals surface area contributed by atoms with Crippen LogP contribution >= 0.6 is 11.3 Å². The number of hydrazine groups is 1. The fraction of sp³-hybridized carbons (Fsp3) is 0.364. The Bertz CT molecular complexity index is 1240. The van der Waals surface area contributed by atoms with Gasteiger partial charge in [-0.05, 0) is 60.5 Å². The smallest absolute Gasteiger partial charge is 0.290 e. The summed E-state index contributed by atoms with van der Waals surface area (Å²) < 4.78 is 61.2. The topological polar surface area (TPSA) is 96.7 Å². The number of nitrogens with one attached hydrogen (secondary N) is 2. The van der Waals surface area contributed by atoms with Gasteiger partial charge in [0.15, 0.2) is 0 Å². The summed E-state index contributed by atoms with van der Waals surface area (Å²) in [6, 6.07) is 4.53. The van der Waals surface area contributed by atoms with E-state index in [-0.39, 0.29) is 17.5 Å². The molecule has 4 heterocycles. The van der Waals surface area contributed by atoms with Crippen LogP contribution in [0.4, 0.5) is 8.78 Å². The van der Waals surface area contributed by atoms with E-state index in [4.69, 9.17) is 10.5 Å². The first-order valence-electron chi connectivity index (χ1n) is 10.6. The van der Waals surface area contributed by atoms with Gasteiger partial charge >= 0.3 is 0 Å². The molecule has 2 aromatic rings. The number of rotatable bonds is 4. The summed E-state index contributed by atoms with van der Waals surface area (Å²) >= 11 is 1.19. The lowest BCUT2D eigenvalue weighted by molar-refractivity contribution is -0.0415.